The van der Waals surface area contributed by atoms with Gasteiger partial charge in [0.15, 0.2) is 5.76 Å². The third kappa shape index (κ3) is 3.37. The molecule has 0 atom stereocenters. The van der Waals surface area contributed by atoms with Crippen LogP contribution in [0.15, 0.2) is 59.5 Å². The monoisotopic (exact) mass is 309 g/mol. The summed E-state index contributed by atoms with van der Waals surface area (Å²) >= 11 is 0. The van der Waals surface area contributed by atoms with Gasteiger partial charge in [-0.2, -0.15) is 0 Å². The van der Waals surface area contributed by atoms with Crippen LogP contribution in [-0.2, 0) is 6.54 Å². The van der Waals surface area contributed by atoms with E-state index in [1.165, 1.54) is 13.3 Å². The number of ether oxygens (including phenoxy) is 1. The molecule has 1 amide bonds. The average molecular weight is 309 g/mol. The number of amides is 1. The summed E-state index contributed by atoms with van der Waals surface area (Å²) in [5.41, 5.74) is 2.05. The van der Waals surface area contributed by atoms with Crippen molar-refractivity contribution in [1.82, 2.24) is 15.3 Å². The number of nitrogens with zero attached hydrogens (tertiary/aromatic N) is 2. The number of carbonyl (C=O) groups excluding carboxylic acids is 1. The number of furan rings is 1. The molecule has 0 aromatic carbocycles. The molecule has 6 nitrogen and oxygen atoms in total. The topological polar surface area (TPSA) is 77.2 Å². The summed E-state index contributed by atoms with van der Waals surface area (Å²) in [6.07, 6.45) is 4.76. The highest BCUT2D eigenvalue weighted by Crippen LogP contribution is 2.21. The lowest BCUT2D eigenvalue weighted by Gasteiger charge is -2.08. The molecule has 23 heavy (non-hydrogen) atoms. The van der Waals surface area contributed by atoms with Crippen LogP contribution in [0.3, 0.4) is 0 Å². The zero-order valence-electron chi connectivity index (χ0n) is 12.5. The van der Waals surface area contributed by atoms with Crippen molar-refractivity contribution in [3.8, 4) is 17.3 Å². The molecule has 116 valence electrons. The Labute approximate surface area is 133 Å². The summed E-state index contributed by atoms with van der Waals surface area (Å²) in [6.45, 7) is 0.342. The van der Waals surface area contributed by atoms with Crippen molar-refractivity contribution in [2.45, 2.75) is 6.54 Å². The quantitative estimate of drug-likeness (QED) is 0.784. The molecular formula is C17H15N3O3. The molecular weight excluding hydrogens is 294 g/mol. The van der Waals surface area contributed by atoms with E-state index in [0.29, 0.717) is 29.4 Å². The number of aromatic nitrogens is 2. The van der Waals surface area contributed by atoms with Crippen LogP contribution in [0.2, 0.25) is 0 Å². The van der Waals surface area contributed by atoms with Gasteiger partial charge in [-0.3, -0.25) is 9.78 Å². The SMILES string of the molecule is COc1ccc(C(=O)NCc2cccnc2-c2ccco2)cn1. The van der Waals surface area contributed by atoms with E-state index in [2.05, 4.69) is 15.3 Å². The summed E-state index contributed by atoms with van der Waals surface area (Å²) in [7, 11) is 1.53. The first-order valence-electron chi connectivity index (χ1n) is 7.04. The Morgan fingerprint density at radius 3 is 2.83 bits per heavy atom. The minimum atomic E-state index is -0.214. The molecule has 6 heteroatoms. The number of carbonyl (C=O) groups is 1. The van der Waals surface area contributed by atoms with E-state index in [1.807, 2.05) is 18.2 Å². The van der Waals surface area contributed by atoms with Gasteiger partial charge in [-0.15, -0.1) is 0 Å². The Kier molecular flexibility index (Phi) is 4.33. The molecule has 0 aliphatic rings. The molecule has 0 saturated heterocycles. The second kappa shape index (κ2) is 6.74. The third-order valence-corrected chi connectivity index (χ3v) is 3.29. The fraction of sp³-hybridized carbons (Fsp3) is 0.118. The number of hydrogen-bond acceptors (Lipinski definition) is 5. The van der Waals surface area contributed by atoms with E-state index >= 15 is 0 Å². The molecule has 0 aliphatic heterocycles. The molecule has 0 unspecified atom stereocenters. The maximum atomic E-state index is 12.2. The fourth-order valence-electron chi connectivity index (χ4n) is 2.13. The lowest BCUT2D eigenvalue weighted by molar-refractivity contribution is 0.0950. The summed E-state index contributed by atoms with van der Waals surface area (Å²) in [5, 5.41) is 2.85. The number of hydrogen-bond donors (Lipinski definition) is 1. The van der Waals surface area contributed by atoms with Gasteiger partial charge in [-0.1, -0.05) is 6.07 Å². The minimum Gasteiger partial charge on any atom is -0.481 e. The predicted octanol–water partition coefficient (Wildman–Crippen LogP) is 2.68. The van der Waals surface area contributed by atoms with Crippen molar-refractivity contribution >= 4 is 5.91 Å². The van der Waals surface area contributed by atoms with E-state index in [-0.39, 0.29) is 5.91 Å². The summed E-state index contributed by atoms with van der Waals surface area (Å²) < 4.78 is 10.4. The van der Waals surface area contributed by atoms with E-state index < -0.39 is 0 Å². The normalized spacial score (nSPS) is 10.3. The Morgan fingerprint density at radius 1 is 1.22 bits per heavy atom. The maximum absolute atomic E-state index is 12.2. The Bertz CT molecular complexity index is 783. The molecule has 0 radical (unpaired) electrons. The molecule has 0 fully saturated rings. The second-order valence-corrected chi connectivity index (χ2v) is 4.76. The number of pyridine rings is 2. The van der Waals surface area contributed by atoms with Crippen LogP contribution >= 0.6 is 0 Å². The van der Waals surface area contributed by atoms with Gasteiger partial charge in [-0.05, 0) is 24.3 Å². The smallest absolute Gasteiger partial charge is 0.253 e. The van der Waals surface area contributed by atoms with Gasteiger partial charge in [0, 0.05) is 30.6 Å². The zero-order valence-corrected chi connectivity index (χ0v) is 12.5. The number of methoxy groups -OCH3 is 1. The molecule has 0 saturated carbocycles. The summed E-state index contributed by atoms with van der Waals surface area (Å²) in [6, 6.07) is 10.7. The number of rotatable bonds is 5. The van der Waals surface area contributed by atoms with Gasteiger partial charge in [0.1, 0.15) is 5.69 Å². The van der Waals surface area contributed by atoms with E-state index in [9.17, 15) is 4.79 Å². The van der Waals surface area contributed by atoms with Crippen molar-refractivity contribution in [3.05, 3.63) is 66.2 Å². The summed E-state index contributed by atoms with van der Waals surface area (Å²) in [5.74, 6) is 0.921. The van der Waals surface area contributed by atoms with Crippen molar-refractivity contribution in [3.63, 3.8) is 0 Å². The molecule has 0 bridgehead atoms. The molecule has 3 rings (SSSR count). The maximum Gasteiger partial charge on any atom is 0.253 e. The molecule has 0 aliphatic carbocycles. The first-order valence-corrected chi connectivity index (χ1v) is 7.04. The number of nitrogens with one attached hydrogen (secondary N) is 1. The van der Waals surface area contributed by atoms with Crippen molar-refractivity contribution in [2.75, 3.05) is 7.11 Å². The van der Waals surface area contributed by atoms with Gasteiger partial charge < -0.3 is 14.5 Å². The largest absolute Gasteiger partial charge is 0.481 e. The van der Waals surface area contributed by atoms with Crippen LogP contribution in [0.25, 0.3) is 11.5 Å². The standard InChI is InChI=1S/C17H15N3O3/c1-22-15-7-6-13(11-19-15)17(21)20-10-12-4-2-8-18-16(12)14-5-3-9-23-14/h2-9,11H,10H2,1H3,(H,20,21). The van der Waals surface area contributed by atoms with Crippen LogP contribution in [0.4, 0.5) is 0 Å². The van der Waals surface area contributed by atoms with Gasteiger partial charge in [0.25, 0.3) is 5.91 Å². The lowest BCUT2D eigenvalue weighted by Crippen LogP contribution is -2.23. The Hall–Kier alpha value is -3.15. The molecule has 0 spiro atoms. The van der Waals surface area contributed by atoms with Crippen LogP contribution < -0.4 is 10.1 Å². The van der Waals surface area contributed by atoms with Gasteiger partial charge in [-0.25, -0.2) is 4.98 Å². The van der Waals surface area contributed by atoms with Crippen molar-refractivity contribution in [1.29, 1.82) is 0 Å². The molecule has 3 aromatic rings. The second-order valence-electron chi connectivity index (χ2n) is 4.76. The Morgan fingerprint density at radius 2 is 2.13 bits per heavy atom. The fourth-order valence-corrected chi connectivity index (χ4v) is 2.13. The van der Waals surface area contributed by atoms with E-state index in [0.717, 1.165) is 5.56 Å². The molecule has 3 aromatic heterocycles. The zero-order chi connectivity index (χ0) is 16.1. The minimum absolute atomic E-state index is 0.214. The first kappa shape index (κ1) is 14.8. The highest BCUT2D eigenvalue weighted by atomic mass is 16.5. The third-order valence-electron chi connectivity index (χ3n) is 3.29. The van der Waals surface area contributed by atoms with Crippen LogP contribution in [0.1, 0.15) is 15.9 Å². The highest BCUT2D eigenvalue weighted by molar-refractivity contribution is 5.93. The van der Waals surface area contributed by atoms with Crippen LogP contribution in [0.5, 0.6) is 5.88 Å². The average Bonchev–Trinajstić information content (AvgIpc) is 3.14. The molecule has 3 heterocycles. The van der Waals surface area contributed by atoms with Crippen molar-refractivity contribution < 1.29 is 13.9 Å². The molecule has 1 N–H and O–H groups in total. The van der Waals surface area contributed by atoms with E-state index in [1.54, 1.807) is 30.7 Å². The predicted molar refractivity (Wildman–Crippen MR) is 83.9 cm³/mol. The first-order chi connectivity index (χ1) is 11.3. The summed E-state index contributed by atoms with van der Waals surface area (Å²) in [4.78, 5) is 20.5. The van der Waals surface area contributed by atoms with E-state index in [4.69, 9.17) is 9.15 Å². The van der Waals surface area contributed by atoms with Crippen LogP contribution in [-0.4, -0.2) is 23.0 Å². The highest BCUT2D eigenvalue weighted by Gasteiger charge is 2.11. The van der Waals surface area contributed by atoms with Gasteiger partial charge in [0.05, 0.1) is 18.9 Å². The lowest BCUT2D eigenvalue weighted by atomic mass is 10.1. The Balaban J connectivity index is 1.72. The van der Waals surface area contributed by atoms with Crippen molar-refractivity contribution in [2.24, 2.45) is 0 Å². The van der Waals surface area contributed by atoms with Gasteiger partial charge >= 0.3 is 0 Å². The van der Waals surface area contributed by atoms with Crippen LogP contribution in [0, 0.1) is 0 Å². The van der Waals surface area contributed by atoms with Gasteiger partial charge in [0.2, 0.25) is 5.88 Å².